The molecule has 0 unspecified atom stereocenters. The highest BCUT2D eigenvalue weighted by atomic mass is 35.5. The minimum atomic E-state index is -0.487. The smallest absolute Gasteiger partial charge is 0.407 e. The van der Waals surface area contributed by atoms with Gasteiger partial charge in [0.25, 0.3) is 0 Å². The van der Waals surface area contributed by atoms with Crippen LogP contribution in [0.25, 0.3) is 0 Å². The highest BCUT2D eigenvalue weighted by Gasteiger charge is 2.24. The van der Waals surface area contributed by atoms with Crippen molar-refractivity contribution < 1.29 is 13.9 Å². The summed E-state index contributed by atoms with van der Waals surface area (Å²) in [6.45, 7) is 5.53. The summed E-state index contributed by atoms with van der Waals surface area (Å²) in [5, 5.41) is 6.60. The van der Waals surface area contributed by atoms with Crippen molar-refractivity contribution in [3.05, 3.63) is 29.0 Å². The monoisotopic (exact) mass is 342 g/mol. The van der Waals surface area contributed by atoms with E-state index in [0.29, 0.717) is 10.7 Å². The molecule has 23 heavy (non-hydrogen) atoms. The van der Waals surface area contributed by atoms with E-state index in [-0.39, 0.29) is 24.0 Å². The van der Waals surface area contributed by atoms with Gasteiger partial charge in [-0.1, -0.05) is 11.6 Å². The first kappa shape index (κ1) is 17.9. The Morgan fingerprint density at radius 2 is 1.78 bits per heavy atom. The zero-order chi connectivity index (χ0) is 17.0. The number of hydrogen-bond acceptors (Lipinski definition) is 3. The third-order valence-electron chi connectivity index (χ3n) is 3.68. The molecule has 0 atom stereocenters. The molecule has 0 bridgehead atoms. The summed E-state index contributed by atoms with van der Waals surface area (Å²) in [7, 11) is 0. The fraction of sp³-hybridized carbons (Fsp3) is 0.588. The van der Waals surface area contributed by atoms with Crippen LogP contribution in [0.5, 0.6) is 0 Å². The van der Waals surface area contributed by atoms with Gasteiger partial charge in [-0.25, -0.2) is 9.18 Å². The van der Waals surface area contributed by atoms with Crippen molar-refractivity contribution in [2.45, 2.75) is 64.1 Å². The van der Waals surface area contributed by atoms with Crippen molar-refractivity contribution in [1.29, 1.82) is 0 Å². The lowest BCUT2D eigenvalue weighted by molar-refractivity contribution is 0.0492. The fourth-order valence-electron chi connectivity index (χ4n) is 2.73. The van der Waals surface area contributed by atoms with Crippen molar-refractivity contribution in [3.63, 3.8) is 0 Å². The molecule has 0 saturated heterocycles. The summed E-state index contributed by atoms with van der Waals surface area (Å²) in [6.07, 6.45) is 3.15. The van der Waals surface area contributed by atoms with E-state index < -0.39 is 5.60 Å². The number of rotatable bonds is 3. The lowest BCUT2D eigenvalue weighted by Crippen LogP contribution is -2.42. The fourth-order valence-corrected chi connectivity index (χ4v) is 2.95. The van der Waals surface area contributed by atoms with Crippen LogP contribution in [0.1, 0.15) is 46.5 Å². The molecular weight excluding hydrogens is 319 g/mol. The summed E-state index contributed by atoms with van der Waals surface area (Å²) in [5.41, 5.74) is 0.206. The van der Waals surface area contributed by atoms with E-state index in [1.165, 1.54) is 12.1 Å². The van der Waals surface area contributed by atoms with Gasteiger partial charge in [0.05, 0.1) is 0 Å². The number of ether oxygens (including phenoxy) is 1. The molecule has 1 fully saturated rings. The molecule has 1 aliphatic rings. The molecule has 4 nitrogen and oxygen atoms in total. The molecule has 0 heterocycles. The average molecular weight is 343 g/mol. The van der Waals surface area contributed by atoms with Crippen LogP contribution in [0.15, 0.2) is 18.2 Å². The zero-order valence-electron chi connectivity index (χ0n) is 13.8. The number of hydrogen-bond donors (Lipinski definition) is 2. The molecule has 0 aliphatic heterocycles. The lowest BCUT2D eigenvalue weighted by atomic mass is 9.91. The number of carbonyl (C=O) groups is 1. The zero-order valence-corrected chi connectivity index (χ0v) is 14.5. The molecule has 1 aromatic carbocycles. The Balaban J connectivity index is 1.78. The second-order valence-electron chi connectivity index (χ2n) is 7.00. The normalized spacial score (nSPS) is 21.6. The molecule has 6 heteroatoms. The Kier molecular flexibility index (Phi) is 5.74. The number of anilines is 1. The largest absolute Gasteiger partial charge is 0.444 e. The van der Waals surface area contributed by atoms with E-state index in [1.54, 1.807) is 6.07 Å². The summed E-state index contributed by atoms with van der Waals surface area (Å²) in [6, 6.07) is 4.82. The minimum absolute atomic E-state index is 0.124. The number of amides is 1. The van der Waals surface area contributed by atoms with Gasteiger partial charge in [0.1, 0.15) is 11.4 Å². The molecule has 0 radical (unpaired) electrons. The topological polar surface area (TPSA) is 50.4 Å². The molecule has 2 N–H and O–H groups in total. The molecule has 0 spiro atoms. The predicted molar refractivity (Wildman–Crippen MR) is 90.4 cm³/mol. The first-order valence-electron chi connectivity index (χ1n) is 7.93. The van der Waals surface area contributed by atoms with Crippen LogP contribution in [0, 0.1) is 5.82 Å². The third-order valence-corrected chi connectivity index (χ3v) is 3.90. The van der Waals surface area contributed by atoms with Gasteiger partial charge >= 0.3 is 6.09 Å². The Bertz CT molecular complexity index is 532. The minimum Gasteiger partial charge on any atom is -0.444 e. The van der Waals surface area contributed by atoms with Gasteiger partial charge in [0.15, 0.2) is 0 Å². The number of carbonyl (C=O) groups excluding carboxylic acids is 1. The number of halogens is 2. The maximum absolute atomic E-state index is 13.3. The lowest BCUT2D eigenvalue weighted by Gasteiger charge is -2.31. The van der Waals surface area contributed by atoms with Crippen LogP contribution in [-0.2, 0) is 4.74 Å². The first-order chi connectivity index (χ1) is 10.7. The van der Waals surface area contributed by atoms with Crippen LogP contribution in [-0.4, -0.2) is 23.8 Å². The van der Waals surface area contributed by atoms with Gasteiger partial charge < -0.3 is 15.4 Å². The quantitative estimate of drug-likeness (QED) is 0.835. The highest BCUT2D eigenvalue weighted by molar-refractivity contribution is 6.30. The summed E-state index contributed by atoms with van der Waals surface area (Å²) >= 11 is 5.86. The van der Waals surface area contributed by atoms with Crippen LogP contribution in [0.4, 0.5) is 14.9 Å². The SMILES string of the molecule is CC(C)(C)OC(=O)NC1CCC(Nc2cc(F)cc(Cl)c2)CC1. The molecule has 1 aliphatic carbocycles. The molecule has 1 saturated carbocycles. The van der Waals surface area contributed by atoms with Crippen LogP contribution < -0.4 is 10.6 Å². The highest BCUT2D eigenvalue weighted by Crippen LogP contribution is 2.25. The summed E-state index contributed by atoms with van der Waals surface area (Å²) < 4.78 is 18.6. The number of nitrogens with one attached hydrogen (secondary N) is 2. The van der Waals surface area contributed by atoms with Crippen LogP contribution in [0.3, 0.4) is 0 Å². The number of benzene rings is 1. The third kappa shape index (κ3) is 6.26. The van der Waals surface area contributed by atoms with E-state index in [4.69, 9.17) is 16.3 Å². The molecular formula is C17H24ClFN2O2. The van der Waals surface area contributed by atoms with Crippen LogP contribution in [0.2, 0.25) is 5.02 Å². The Hall–Kier alpha value is -1.49. The van der Waals surface area contributed by atoms with Gasteiger partial charge in [0, 0.05) is 22.8 Å². The van der Waals surface area contributed by atoms with E-state index >= 15 is 0 Å². The van der Waals surface area contributed by atoms with E-state index in [9.17, 15) is 9.18 Å². The Labute approximate surface area is 141 Å². The molecule has 1 amide bonds. The maximum Gasteiger partial charge on any atom is 0.407 e. The van der Waals surface area contributed by atoms with E-state index in [1.807, 2.05) is 20.8 Å². The number of alkyl carbamates (subject to hydrolysis) is 1. The summed E-state index contributed by atoms with van der Waals surface area (Å²) in [5.74, 6) is -0.347. The molecule has 1 aromatic rings. The van der Waals surface area contributed by atoms with Crippen LogP contribution >= 0.6 is 11.6 Å². The predicted octanol–water partition coefficient (Wildman–Crippen LogP) is 4.73. The van der Waals surface area contributed by atoms with Crippen molar-refractivity contribution in [2.24, 2.45) is 0 Å². The second kappa shape index (κ2) is 7.39. The molecule has 2 rings (SSSR count). The van der Waals surface area contributed by atoms with Crippen molar-refractivity contribution in [2.75, 3.05) is 5.32 Å². The van der Waals surface area contributed by atoms with Gasteiger partial charge in [-0.15, -0.1) is 0 Å². The summed E-state index contributed by atoms with van der Waals surface area (Å²) in [4.78, 5) is 11.8. The standard InChI is InChI=1S/C17H24ClFN2O2/c1-17(2,3)23-16(22)21-14-6-4-13(5-7-14)20-15-9-11(18)8-12(19)10-15/h8-10,13-14,20H,4-7H2,1-3H3,(H,21,22). The van der Waals surface area contributed by atoms with E-state index in [2.05, 4.69) is 10.6 Å². The van der Waals surface area contributed by atoms with E-state index in [0.717, 1.165) is 25.7 Å². The molecule has 0 aromatic heterocycles. The maximum atomic E-state index is 13.3. The van der Waals surface area contributed by atoms with Gasteiger partial charge in [-0.2, -0.15) is 0 Å². The van der Waals surface area contributed by atoms with Crippen molar-refractivity contribution in [3.8, 4) is 0 Å². The first-order valence-corrected chi connectivity index (χ1v) is 8.31. The molecule has 128 valence electrons. The second-order valence-corrected chi connectivity index (χ2v) is 7.43. The van der Waals surface area contributed by atoms with Gasteiger partial charge in [-0.3, -0.25) is 0 Å². The van der Waals surface area contributed by atoms with Crippen molar-refractivity contribution in [1.82, 2.24) is 5.32 Å². The van der Waals surface area contributed by atoms with Gasteiger partial charge in [-0.05, 0) is 64.7 Å². The Morgan fingerprint density at radius 3 is 2.35 bits per heavy atom. The average Bonchev–Trinajstić information content (AvgIpc) is 2.37. The Morgan fingerprint density at radius 1 is 1.17 bits per heavy atom. The van der Waals surface area contributed by atoms with Crippen molar-refractivity contribution >= 4 is 23.4 Å². The van der Waals surface area contributed by atoms with Gasteiger partial charge in [0.2, 0.25) is 0 Å².